The molecule has 0 aromatic heterocycles. The van der Waals surface area contributed by atoms with Crippen LogP contribution in [0.2, 0.25) is 0 Å². The summed E-state index contributed by atoms with van der Waals surface area (Å²) in [5.41, 5.74) is 0.765. The first kappa shape index (κ1) is 18.4. The normalized spacial score (nSPS) is 17.6. The van der Waals surface area contributed by atoms with Crippen LogP contribution in [-0.4, -0.2) is 54.8 Å². The van der Waals surface area contributed by atoms with Crippen molar-refractivity contribution in [3.8, 4) is 0 Å². The fourth-order valence-corrected chi connectivity index (χ4v) is 2.42. The van der Waals surface area contributed by atoms with E-state index in [9.17, 15) is 14.0 Å². The first-order valence-corrected chi connectivity index (χ1v) is 6.96. The van der Waals surface area contributed by atoms with Gasteiger partial charge in [-0.05, 0) is 17.7 Å². The lowest BCUT2D eigenvalue weighted by Gasteiger charge is -2.37. The van der Waals surface area contributed by atoms with E-state index in [0.29, 0.717) is 19.6 Å². The number of hydrogen-bond donors (Lipinski definition) is 1. The predicted molar refractivity (Wildman–Crippen MR) is 84.3 cm³/mol. The Hall–Kier alpha value is -1.66. The molecular formula is C15H21ClFN3O2. The third kappa shape index (κ3) is 4.42. The Morgan fingerprint density at radius 2 is 2.18 bits per heavy atom. The largest absolute Gasteiger partial charge is 0.337 e. The quantitative estimate of drug-likeness (QED) is 0.906. The zero-order chi connectivity index (χ0) is 15.4. The number of piperazine rings is 1. The average Bonchev–Trinajstić information content (AvgIpc) is 2.47. The standard InChI is InChI=1S/C15H20FN3O2.ClH/c1-11(20)18(2)10-15(21)19-7-6-17-9-14(19)12-4-3-5-13(16)8-12;/h3-5,8,14,17H,6-7,9-10H2,1-2H3;1H. The zero-order valence-corrected chi connectivity index (χ0v) is 13.5. The SMILES string of the molecule is CC(=O)N(C)CC(=O)N1CCNCC1c1cccc(F)c1.Cl. The fraction of sp³-hybridized carbons (Fsp3) is 0.467. The number of rotatable bonds is 3. The second kappa shape index (κ2) is 8.10. The number of likely N-dealkylation sites (N-methyl/N-ethyl adjacent to an activating group) is 1. The molecule has 0 bridgehead atoms. The van der Waals surface area contributed by atoms with E-state index in [-0.39, 0.29) is 42.6 Å². The maximum Gasteiger partial charge on any atom is 0.242 e. The molecule has 22 heavy (non-hydrogen) atoms. The lowest BCUT2D eigenvalue weighted by Crippen LogP contribution is -2.51. The highest BCUT2D eigenvalue weighted by Crippen LogP contribution is 2.23. The number of nitrogens with zero attached hydrogens (tertiary/aromatic N) is 2. The molecule has 1 saturated heterocycles. The van der Waals surface area contributed by atoms with Crippen LogP contribution in [0, 0.1) is 5.82 Å². The summed E-state index contributed by atoms with van der Waals surface area (Å²) in [7, 11) is 1.60. The van der Waals surface area contributed by atoms with Crippen LogP contribution in [0.5, 0.6) is 0 Å². The van der Waals surface area contributed by atoms with Crippen molar-refractivity contribution in [1.29, 1.82) is 0 Å². The summed E-state index contributed by atoms with van der Waals surface area (Å²) in [6, 6.07) is 6.09. The van der Waals surface area contributed by atoms with Gasteiger partial charge in [-0.2, -0.15) is 0 Å². The summed E-state index contributed by atoms with van der Waals surface area (Å²) in [4.78, 5) is 26.7. The van der Waals surface area contributed by atoms with Crippen LogP contribution >= 0.6 is 12.4 Å². The minimum Gasteiger partial charge on any atom is -0.337 e. The van der Waals surface area contributed by atoms with Gasteiger partial charge in [0.25, 0.3) is 0 Å². The van der Waals surface area contributed by atoms with Crippen LogP contribution in [-0.2, 0) is 9.59 Å². The Morgan fingerprint density at radius 1 is 1.45 bits per heavy atom. The van der Waals surface area contributed by atoms with Crippen molar-refractivity contribution in [3.63, 3.8) is 0 Å². The van der Waals surface area contributed by atoms with Crippen LogP contribution in [0.3, 0.4) is 0 Å². The Kier molecular flexibility index (Phi) is 6.77. The summed E-state index contributed by atoms with van der Waals surface area (Å²) >= 11 is 0. The number of hydrogen-bond acceptors (Lipinski definition) is 3. The van der Waals surface area contributed by atoms with Gasteiger partial charge in [0.15, 0.2) is 0 Å². The highest BCUT2D eigenvalue weighted by molar-refractivity contribution is 5.85. The maximum atomic E-state index is 13.4. The molecule has 1 N–H and O–H groups in total. The molecule has 5 nitrogen and oxygen atoms in total. The fourth-order valence-electron chi connectivity index (χ4n) is 2.42. The third-order valence-electron chi connectivity index (χ3n) is 3.71. The van der Waals surface area contributed by atoms with Crippen LogP contribution < -0.4 is 5.32 Å². The average molecular weight is 330 g/mol. The number of halogens is 2. The van der Waals surface area contributed by atoms with Crippen molar-refractivity contribution in [2.45, 2.75) is 13.0 Å². The molecule has 122 valence electrons. The van der Waals surface area contributed by atoms with E-state index in [2.05, 4.69) is 5.32 Å². The second-order valence-electron chi connectivity index (χ2n) is 5.24. The molecule has 7 heteroatoms. The molecule has 1 heterocycles. The highest BCUT2D eigenvalue weighted by atomic mass is 35.5. The van der Waals surface area contributed by atoms with Crippen molar-refractivity contribution in [3.05, 3.63) is 35.6 Å². The van der Waals surface area contributed by atoms with Crippen LogP contribution in [0.25, 0.3) is 0 Å². The topological polar surface area (TPSA) is 52.7 Å². The summed E-state index contributed by atoms with van der Waals surface area (Å²) in [6.45, 7) is 3.29. The minimum absolute atomic E-state index is 0. The van der Waals surface area contributed by atoms with E-state index in [1.54, 1.807) is 18.0 Å². The van der Waals surface area contributed by atoms with Crippen molar-refractivity contribution in [2.24, 2.45) is 0 Å². The van der Waals surface area contributed by atoms with E-state index in [4.69, 9.17) is 0 Å². The Bertz CT molecular complexity index is 541. The van der Waals surface area contributed by atoms with E-state index in [1.165, 1.54) is 24.0 Å². The van der Waals surface area contributed by atoms with Crippen molar-refractivity contribution in [2.75, 3.05) is 33.2 Å². The molecule has 1 aliphatic rings. The first-order chi connectivity index (χ1) is 9.99. The van der Waals surface area contributed by atoms with E-state index in [1.807, 2.05) is 6.07 Å². The van der Waals surface area contributed by atoms with E-state index >= 15 is 0 Å². The molecule has 1 fully saturated rings. The number of nitrogens with one attached hydrogen (secondary N) is 1. The molecule has 0 saturated carbocycles. The van der Waals surface area contributed by atoms with Crippen LogP contribution in [0.15, 0.2) is 24.3 Å². The van der Waals surface area contributed by atoms with Gasteiger partial charge >= 0.3 is 0 Å². The van der Waals surface area contributed by atoms with Gasteiger partial charge in [0.1, 0.15) is 5.82 Å². The van der Waals surface area contributed by atoms with E-state index in [0.717, 1.165) is 5.56 Å². The predicted octanol–water partition coefficient (Wildman–Crippen LogP) is 1.20. The molecule has 2 amide bonds. The molecule has 1 aromatic rings. The number of carbonyl (C=O) groups excluding carboxylic acids is 2. The smallest absolute Gasteiger partial charge is 0.242 e. The van der Waals surface area contributed by atoms with Crippen LogP contribution in [0.4, 0.5) is 4.39 Å². The molecule has 1 unspecified atom stereocenters. The van der Waals surface area contributed by atoms with Gasteiger partial charge < -0.3 is 15.1 Å². The molecule has 0 aliphatic carbocycles. The molecule has 2 rings (SSSR count). The molecule has 1 atom stereocenters. The van der Waals surface area contributed by atoms with Gasteiger partial charge in [0, 0.05) is 33.6 Å². The minimum atomic E-state index is -0.314. The summed E-state index contributed by atoms with van der Waals surface area (Å²) in [5, 5.41) is 3.22. The summed E-state index contributed by atoms with van der Waals surface area (Å²) < 4.78 is 13.4. The molecular weight excluding hydrogens is 309 g/mol. The third-order valence-corrected chi connectivity index (χ3v) is 3.71. The van der Waals surface area contributed by atoms with Gasteiger partial charge in [0.2, 0.25) is 11.8 Å². The summed E-state index contributed by atoms with van der Waals surface area (Å²) in [5.74, 6) is -0.587. The number of carbonyl (C=O) groups is 2. The molecule has 1 aromatic carbocycles. The molecule has 1 aliphatic heterocycles. The van der Waals surface area contributed by atoms with Crippen molar-refractivity contribution in [1.82, 2.24) is 15.1 Å². The van der Waals surface area contributed by atoms with Gasteiger partial charge in [-0.3, -0.25) is 9.59 Å². The maximum absolute atomic E-state index is 13.4. The van der Waals surface area contributed by atoms with Gasteiger partial charge in [-0.25, -0.2) is 4.39 Å². The Balaban J connectivity index is 0.00000242. The first-order valence-electron chi connectivity index (χ1n) is 6.96. The molecule has 0 radical (unpaired) electrons. The Morgan fingerprint density at radius 3 is 2.82 bits per heavy atom. The van der Waals surface area contributed by atoms with E-state index < -0.39 is 0 Å². The Labute approximate surface area is 135 Å². The number of benzene rings is 1. The zero-order valence-electron chi connectivity index (χ0n) is 12.7. The van der Waals surface area contributed by atoms with Gasteiger partial charge in [-0.1, -0.05) is 12.1 Å². The van der Waals surface area contributed by atoms with Gasteiger partial charge in [0.05, 0.1) is 12.6 Å². The lowest BCUT2D eigenvalue weighted by molar-refractivity contribution is -0.140. The van der Waals surface area contributed by atoms with Crippen molar-refractivity contribution < 1.29 is 14.0 Å². The van der Waals surface area contributed by atoms with Crippen LogP contribution in [0.1, 0.15) is 18.5 Å². The monoisotopic (exact) mass is 329 g/mol. The lowest BCUT2D eigenvalue weighted by atomic mass is 10.0. The highest BCUT2D eigenvalue weighted by Gasteiger charge is 2.28. The second-order valence-corrected chi connectivity index (χ2v) is 5.24. The summed E-state index contributed by atoms with van der Waals surface area (Å²) in [6.07, 6.45) is 0. The molecule has 0 spiro atoms. The number of amides is 2. The van der Waals surface area contributed by atoms with Gasteiger partial charge in [-0.15, -0.1) is 12.4 Å². The van der Waals surface area contributed by atoms with Crippen molar-refractivity contribution >= 4 is 24.2 Å².